The molecule has 1 aliphatic heterocycles. The zero-order chi connectivity index (χ0) is 40.7. The van der Waals surface area contributed by atoms with Crippen molar-refractivity contribution in [1.29, 1.82) is 0 Å². The monoisotopic (exact) mass is 789 g/mol. The fourth-order valence-electron chi connectivity index (χ4n) is 9.70. The SMILES string of the molecule is c1ccc(-n2c3ccccc3c3cc(-c4nc(-c5cccc(N6c7ccc8ccccc8c7-c7cccc8cccc6c78)c5)nc(-c5ccc6ccccc6c5)n4)ccc32)cc1. The van der Waals surface area contributed by atoms with Crippen molar-refractivity contribution >= 4 is 71.2 Å². The normalized spacial score (nSPS) is 12.2. The summed E-state index contributed by atoms with van der Waals surface area (Å²) in [7, 11) is 0. The van der Waals surface area contributed by atoms with Crippen LogP contribution in [0.4, 0.5) is 17.1 Å². The van der Waals surface area contributed by atoms with E-state index >= 15 is 0 Å². The van der Waals surface area contributed by atoms with Gasteiger partial charge >= 0.3 is 0 Å². The van der Waals surface area contributed by atoms with Crippen LogP contribution in [-0.4, -0.2) is 19.5 Å². The van der Waals surface area contributed by atoms with Crippen LogP contribution >= 0.6 is 0 Å². The Bertz CT molecular complexity index is 3770. The van der Waals surface area contributed by atoms with E-state index in [1.807, 2.05) is 0 Å². The van der Waals surface area contributed by atoms with E-state index < -0.39 is 0 Å². The summed E-state index contributed by atoms with van der Waals surface area (Å²) >= 11 is 0. The predicted molar refractivity (Wildman–Crippen MR) is 257 cm³/mol. The number of fused-ring (bicyclic) bond motifs is 8. The third kappa shape index (κ3) is 5.32. The highest BCUT2D eigenvalue weighted by Crippen LogP contribution is 2.53. The average Bonchev–Trinajstić information content (AvgIpc) is 3.68. The molecule has 5 heteroatoms. The summed E-state index contributed by atoms with van der Waals surface area (Å²) < 4.78 is 2.33. The molecule has 12 aromatic rings. The highest BCUT2D eigenvalue weighted by Gasteiger charge is 2.28. The summed E-state index contributed by atoms with van der Waals surface area (Å²) in [6, 6.07) is 75.7. The van der Waals surface area contributed by atoms with Gasteiger partial charge in [-0.25, -0.2) is 15.0 Å². The third-order valence-corrected chi connectivity index (χ3v) is 12.5. The van der Waals surface area contributed by atoms with Gasteiger partial charge in [-0.1, -0.05) is 146 Å². The van der Waals surface area contributed by atoms with E-state index in [9.17, 15) is 0 Å². The second kappa shape index (κ2) is 13.6. The molecule has 5 nitrogen and oxygen atoms in total. The maximum absolute atomic E-state index is 5.31. The second-order valence-electron chi connectivity index (χ2n) is 16.0. The van der Waals surface area contributed by atoms with Crippen LogP contribution in [0.15, 0.2) is 212 Å². The van der Waals surface area contributed by atoms with Gasteiger partial charge in [0.1, 0.15) is 0 Å². The molecule has 3 heterocycles. The first-order valence-corrected chi connectivity index (χ1v) is 21.0. The fraction of sp³-hybridized carbons (Fsp3) is 0. The second-order valence-corrected chi connectivity index (χ2v) is 16.0. The lowest BCUT2D eigenvalue weighted by Gasteiger charge is -2.34. The molecule has 0 unspecified atom stereocenters. The van der Waals surface area contributed by atoms with Gasteiger partial charge in [-0.05, 0) is 99.2 Å². The van der Waals surface area contributed by atoms with Crippen LogP contribution in [0, 0.1) is 0 Å². The Morgan fingerprint density at radius 2 is 0.919 bits per heavy atom. The molecule has 62 heavy (non-hydrogen) atoms. The molecule has 0 spiro atoms. The number of aromatic nitrogens is 4. The van der Waals surface area contributed by atoms with Crippen molar-refractivity contribution in [3.63, 3.8) is 0 Å². The van der Waals surface area contributed by atoms with Gasteiger partial charge in [0, 0.05) is 49.8 Å². The molecule has 13 rings (SSSR count). The molecule has 10 aromatic carbocycles. The molecule has 0 aliphatic carbocycles. The first-order chi connectivity index (χ1) is 30.7. The summed E-state index contributed by atoms with van der Waals surface area (Å²) in [5.74, 6) is 1.86. The fourth-order valence-corrected chi connectivity index (χ4v) is 9.70. The van der Waals surface area contributed by atoms with Crippen LogP contribution in [0.3, 0.4) is 0 Å². The van der Waals surface area contributed by atoms with Crippen LogP contribution in [-0.2, 0) is 0 Å². The topological polar surface area (TPSA) is 46.8 Å². The molecule has 0 atom stereocenters. The summed E-state index contributed by atoms with van der Waals surface area (Å²) in [5.41, 5.74) is 12.0. The van der Waals surface area contributed by atoms with E-state index in [2.05, 4.69) is 222 Å². The first-order valence-electron chi connectivity index (χ1n) is 21.0. The van der Waals surface area contributed by atoms with Gasteiger partial charge in [-0.3, -0.25) is 0 Å². The van der Waals surface area contributed by atoms with Crippen molar-refractivity contribution < 1.29 is 0 Å². The molecule has 0 N–H and O–H groups in total. The largest absolute Gasteiger partial charge is 0.309 e. The number of para-hydroxylation sites is 2. The molecule has 0 saturated carbocycles. The molecule has 0 saturated heterocycles. The maximum atomic E-state index is 5.31. The molecule has 288 valence electrons. The van der Waals surface area contributed by atoms with Crippen molar-refractivity contribution in [3.05, 3.63) is 212 Å². The van der Waals surface area contributed by atoms with Crippen LogP contribution in [0.5, 0.6) is 0 Å². The highest BCUT2D eigenvalue weighted by atomic mass is 15.2. The van der Waals surface area contributed by atoms with Gasteiger partial charge in [0.15, 0.2) is 17.5 Å². The predicted octanol–water partition coefficient (Wildman–Crippen LogP) is 14.9. The number of benzene rings is 10. The smallest absolute Gasteiger partial charge is 0.164 e. The van der Waals surface area contributed by atoms with E-state index in [1.54, 1.807) is 0 Å². The van der Waals surface area contributed by atoms with E-state index in [-0.39, 0.29) is 0 Å². The standard InChI is InChI=1S/C57H35N5/c1-2-19-43(20-3-1)61-49-25-9-8-23-46(49)48-35-42(30-31-50(48)61)57-59-55(58-56(60-57)41-28-27-36-13-4-5-15-39(36)33-41)40-18-10-21-44(34-40)62-51-26-12-17-38-16-11-24-47(53(38)51)54-45-22-7-6-14-37(45)29-32-52(54)62/h1-35H. The van der Waals surface area contributed by atoms with E-state index in [0.717, 1.165) is 61.2 Å². The minimum Gasteiger partial charge on any atom is -0.309 e. The van der Waals surface area contributed by atoms with Crippen LogP contribution < -0.4 is 4.90 Å². The van der Waals surface area contributed by atoms with Gasteiger partial charge in [0.2, 0.25) is 0 Å². The zero-order valence-corrected chi connectivity index (χ0v) is 33.4. The van der Waals surface area contributed by atoms with Gasteiger partial charge in [-0.15, -0.1) is 0 Å². The Morgan fingerprint density at radius 1 is 0.323 bits per heavy atom. The lowest BCUT2D eigenvalue weighted by Crippen LogP contribution is -2.15. The van der Waals surface area contributed by atoms with Crippen LogP contribution in [0.25, 0.3) is 105 Å². The lowest BCUT2D eigenvalue weighted by atomic mass is 9.87. The molecular weight excluding hydrogens is 755 g/mol. The molecule has 1 aliphatic rings. The van der Waals surface area contributed by atoms with E-state index in [0.29, 0.717) is 17.5 Å². The Kier molecular flexibility index (Phi) is 7.54. The molecular formula is C57H35N5. The Balaban J connectivity index is 1.02. The van der Waals surface area contributed by atoms with E-state index in [4.69, 9.17) is 15.0 Å². The molecule has 0 bridgehead atoms. The summed E-state index contributed by atoms with van der Waals surface area (Å²) in [6.07, 6.45) is 0. The maximum Gasteiger partial charge on any atom is 0.164 e. The number of hydrogen-bond acceptors (Lipinski definition) is 4. The number of nitrogens with zero attached hydrogens (tertiary/aromatic N) is 5. The minimum atomic E-state index is 0.612. The van der Waals surface area contributed by atoms with Gasteiger partial charge in [0.05, 0.1) is 22.4 Å². The Morgan fingerprint density at radius 3 is 1.76 bits per heavy atom. The molecule has 0 amide bonds. The van der Waals surface area contributed by atoms with Gasteiger partial charge < -0.3 is 9.47 Å². The summed E-state index contributed by atoms with van der Waals surface area (Å²) in [5, 5.41) is 9.54. The molecule has 2 aromatic heterocycles. The summed E-state index contributed by atoms with van der Waals surface area (Å²) in [4.78, 5) is 18.2. The summed E-state index contributed by atoms with van der Waals surface area (Å²) in [6.45, 7) is 0. The first kappa shape index (κ1) is 34.5. The van der Waals surface area contributed by atoms with Crippen molar-refractivity contribution in [2.45, 2.75) is 0 Å². The zero-order valence-electron chi connectivity index (χ0n) is 33.4. The minimum absolute atomic E-state index is 0.612. The van der Waals surface area contributed by atoms with Crippen LogP contribution in [0.2, 0.25) is 0 Å². The van der Waals surface area contributed by atoms with Crippen LogP contribution in [0.1, 0.15) is 0 Å². The van der Waals surface area contributed by atoms with Crippen molar-refractivity contribution in [3.8, 4) is 51.0 Å². The van der Waals surface area contributed by atoms with E-state index in [1.165, 1.54) is 43.4 Å². The average molecular weight is 790 g/mol. The van der Waals surface area contributed by atoms with Gasteiger partial charge in [-0.2, -0.15) is 0 Å². The number of rotatable bonds is 5. The molecule has 0 fully saturated rings. The number of anilines is 3. The van der Waals surface area contributed by atoms with Crippen molar-refractivity contribution in [1.82, 2.24) is 19.5 Å². The molecule has 0 radical (unpaired) electrons. The lowest BCUT2D eigenvalue weighted by molar-refractivity contribution is 1.07. The highest BCUT2D eigenvalue weighted by molar-refractivity contribution is 6.19. The Hall–Kier alpha value is -8.41. The number of hydrogen-bond donors (Lipinski definition) is 0. The van der Waals surface area contributed by atoms with Crippen molar-refractivity contribution in [2.75, 3.05) is 4.90 Å². The van der Waals surface area contributed by atoms with Crippen molar-refractivity contribution in [2.24, 2.45) is 0 Å². The van der Waals surface area contributed by atoms with Gasteiger partial charge in [0.25, 0.3) is 0 Å². The third-order valence-electron chi connectivity index (χ3n) is 12.5. The Labute approximate surface area is 357 Å². The quantitative estimate of drug-likeness (QED) is 0.174.